The second-order valence-corrected chi connectivity index (χ2v) is 4.28. The Morgan fingerprint density at radius 2 is 2.00 bits per heavy atom. The van der Waals surface area contributed by atoms with Gasteiger partial charge in [-0.25, -0.2) is 0 Å². The Morgan fingerprint density at radius 3 is 2.62 bits per heavy atom. The first-order valence-electron chi connectivity index (χ1n) is 5.70. The molecule has 1 aliphatic carbocycles. The summed E-state index contributed by atoms with van der Waals surface area (Å²) in [6.07, 6.45) is 8.83. The minimum absolute atomic E-state index is 0.131. The second kappa shape index (κ2) is 6.39. The van der Waals surface area contributed by atoms with Crippen molar-refractivity contribution in [3.8, 4) is 0 Å². The van der Waals surface area contributed by atoms with Crippen LogP contribution in [-0.2, 0) is 0 Å². The molecule has 1 saturated carbocycles. The highest BCUT2D eigenvalue weighted by atomic mass is 16.3. The van der Waals surface area contributed by atoms with E-state index in [0.29, 0.717) is 0 Å². The van der Waals surface area contributed by atoms with E-state index in [4.69, 9.17) is 5.11 Å². The quantitative estimate of drug-likeness (QED) is 0.643. The van der Waals surface area contributed by atoms with Gasteiger partial charge in [0.2, 0.25) is 0 Å². The van der Waals surface area contributed by atoms with Crippen LogP contribution in [0.2, 0.25) is 0 Å². The molecule has 2 heteroatoms. The third-order valence-electron chi connectivity index (χ3n) is 2.84. The number of aliphatic hydroxyl groups is 1. The zero-order valence-corrected chi connectivity index (χ0v) is 8.76. The standard InChI is InChI=1S/C11H23NO/c1-10(13)6-5-9-12-11-7-3-2-4-8-11/h10-13H,2-9H2,1H3. The van der Waals surface area contributed by atoms with Gasteiger partial charge in [0.15, 0.2) is 0 Å². The lowest BCUT2D eigenvalue weighted by Gasteiger charge is -2.22. The van der Waals surface area contributed by atoms with Crippen LogP contribution in [0, 0.1) is 0 Å². The molecular formula is C11H23NO. The van der Waals surface area contributed by atoms with Crippen molar-refractivity contribution in [2.45, 2.75) is 64.0 Å². The SMILES string of the molecule is CC(O)CCCNC1CCCCC1. The van der Waals surface area contributed by atoms with Crippen LogP contribution in [0.1, 0.15) is 51.9 Å². The molecule has 0 aliphatic heterocycles. The molecule has 0 amide bonds. The van der Waals surface area contributed by atoms with Crippen LogP contribution in [0.4, 0.5) is 0 Å². The molecule has 0 aromatic rings. The van der Waals surface area contributed by atoms with Crippen molar-refractivity contribution >= 4 is 0 Å². The molecule has 0 spiro atoms. The zero-order valence-electron chi connectivity index (χ0n) is 8.76. The highest BCUT2D eigenvalue weighted by molar-refractivity contribution is 4.71. The largest absolute Gasteiger partial charge is 0.393 e. The third kappa shape index (κ3) is 5.27. The van der Waals surface area contributed by atoms with Gasteiger partial charge in [0.05, 0.1) is 6.10 Å². The molecule has 13 heavy (non-hydrogen) atoms. The Bertz CT molecular complexity index is 119. The number of nitrogens with one attached hydrogen (secondary N) is 1. The fourth-order valence-corrected chi connectivity index (χ4v) is 2.01. The molecule has 0 radical (unpaired) electrons. The van der Waals surface area contributed by atoms with Crippen molar-refractivity contribution in [2.75, 3.05) is 6.54 Å². The highest BCUT2D eigenvalue weighted by Gasteiger charge is 2.11. The van der Waals surface area contributed by atoms with Crippen LogP contribution < -0.4 is 5.32 Å². The number of hydrogen-bond donors (Lipinski definition) is 2. The average Bonchev–Trinajstić information content (AvgIpc) is 2.14. The van der Waals surface area contributed by atoms with Gasteiger partial charge in [0.1, 0.15) is 0 Å². The summed E-state index contributed by atoms with van der Waals surface area (Å²) in [7, 11) is 0. The number of aliphatic hydroxyl groups excluding tert-OH is 1. The summed E-state index contributed by atoms with van der Waals surface area (Å²) in [5, 5.41) is 12.6. The van der Waals surface area contributed by atoms with Gasteiger partial charge in [-0.15, -0.1) is 0 Å². The second-order valence-electron chi connectivity index (χ2n) is 4.28. The van der Waals surface area contributed by atoms with Gasteiger partial charge >= 0.3 is 0 Å². The summed E-state index contributed by atoms with van der Waals surface area (Å²) in [6, 6.07) is 0.766. The van der Waals surface area contributed by atoms with E-state index in [9.17, 15) is 0 Å². The summed E-state index contributed by atoms with van der Waals surface area (Å²) in [4.78, 5) is 0. The molecule has 0 aromatic heterocycles. The average molecular weight is 185 g/mol. The van der Waals surface area contributed by atoms with E-state index in [1.165, 1.54) is 32.1 Å². The minimum Gasteiger partial charge on any atom is -0.393 e. The first-order chi connectivity index (χ1) is 6.29. The molecule has 2 N–H and O–H groups in total. The number of rotatable bonds is 5. The van der Waals surface area contributed by atoms with Crippen molar-refractivity contribution in [1.29, 1.82) is 0 Å². The lowest BCUT2D eigenvalue weighted by Crippen LogP contribution is -2.31. The van der Waals surface area contributed by atoms with Crippen molar-refractivity contribution < 1.29 is 5.11 Å². The maximum atomic E-state index is 9.06. The van der Waals surface area contributed by atoms with Crippen molar-refractivity contribution in [3.05, 3.63) is 0 Å². The molecule has 0 bridgehead atoms. The normalized spacial score (nSPS) is 21.7. The van der Waals surface area contributed by atoms with Gasteiger partial charge in [-0.05, 0) is 39.2 Å². The van der Waals surface area contributed by atoms with Crippen LogP contribution in [-0.4, -0.2) is 23.8 Å². The summed E-state index contributed by atoms with van der Waals surface area (Å²) in [5.74, 6) is 0. The predicted molar refractivity (Wildman–Crippen MR) is 55.8 cm³/mol. The Morgan fingerprint density at radius 1 is 1.31 bits per heavy atom. The van der Waals surface area contributed by atoms with Crippen LogP contribution in [0.3, 0.4) is 0 Å². The molecule has 1 fully saturated rings. The predicted octanol–water partition coefficient (Wildman–Crippen LogP) is 2.07. The molecular weight excluding hydrogens is 162 g/mol. The molecule has 78 valence electrons. The molecule has 1 unspecified atom stereocenters. The molecule has 0 heterocycles. The summed E-state index contributed by atoms with van der Waals surface area (Å²) < 4.78 is 0. The Kier molecular flexibility index (Phi) is 5.40. The van der Waals surface area contributed by atoms with Gasteiger partial charge in [-0.1, -0.05) is 19.3 Å². The molecule has 1 aliphatic rings. The fraction of sp³-hybridized carbons (Fsp3) is 1.00. The summed E-state index contributed by atoms with van der Waals surface area (Å²) in [6.45, 7) is 2.94. The van der Waals surface area contributed by atoms with Crippen LogP contribution in [0.25, 0.3) is 0 Å². The van der Waals surface area contributed by atoms with E-state index in [0.717, 1.165) is 25.4 Å². The van der Waals surface area contributed by atoms with Crippen molar-refractivity contribution in [2.24, 2.45) is 0 Å². The van der Waals surface area contributed by atoms with Crippen LogP contribution in [0.5, 0.6) is 0 Å². The lowest BCUT2D eigenvalue weighted by atomic mass is 9.95. The van der Waals surface area contributed by atoms with E-state index in [1.54, 1.807) is 0 Å². The topological polar surface area (TPSA) is 32.3 Å². The van der Waals surface area contributed by atoms with E-state index < -0.39 is 0 Å². The smallest absolute Gasteiger partial charge is 0.0512 e. The lowest BCUT2D eigenvalue weighted by molar-refractivity contribution is 0.180. The molecule has 1 rings (SSSR count). The first kappa shape index (κ1) is 11.0. The fourth-order valence-electron chi connectivity index (χ4n) is 2.01. The zero-order chi connectivity index (χ0) is 9.52. The molecule has 0 saturated heterocycles. The highest BCUT2D eigenvalue weighted by Crippen LogP contribution is 2.17. The van der Waals surface area contributed by atoms with E-state index in [1.807, 2.05) is 6.92 Å². The van der Waals surface area contributed by atoms with Crippen LogP contribution >= 0.6 is 0 Å². The summed E-state index contributed by atoms with van der Waals surface area (Å²) in [5.41, 5.74) is 0. The Hall–Kier alpha value is -0.0800. The van der Waals surface area contributed by atoms with E-state index in [-0.39, 0.29) is 6.10 Å². The number of hydrogen-bond acceptors (Lipinski definition) is 2. The Labute approximate surface area is 81.7 Å². The monoisotopic (exact) mass is 185 g/mol. The van der Waals surface area contributed by atoms with Crippen molar-refractivity contribution in [3.63, 3.8) is 0 Å². The van der Waals surface area contributed by atoms with Crippen molar-refractivity contribution in [1.82, 2.24) is 5.32 Å². The maximum Gasteiger partial charge on any atom is 0.0512 e. The summed E-state index contributed by atoms with van der Waals surface area (Å²) >= 11 is 0. The molecule has 2 nitrogen and oxygen atoms in total. The van der Waals surface area contributed by atoms with E-state index >= 15 is 0 Å². The first-order valence-corrected chi connectivity index (χ1v) is 5.70. The van der Waals surface area contributed by atoms with Gasteiger partial charge in [-0.3, -0.25) is 0 Å². The van der Waals surface area contributed by atoms with Gasteiger partial charge in [0, 0.05) is 6.04 Å². The Balaban J connectivity index is 1.92. The van der Waals surface area contributed by atoms with Gasteiger partial charge in [0.25, 0.3) is 0 Å². The minimum atomic E-state index is -0.131. The molecule has 1 atom stereocenters. The van der Waals surface area contributed by atoms with E-state index in [2.05, 4.69) is 5.32 Å². The molecule has 0 aromatic carbocycles. The van der Waals surface area contributed by atoms with Gasteiger partial charge in [-0.2, -0.15) is 0 Å². The third-order valence-corrected chi connectivity index (χ3v) is 2.84. The van der Waals surface area contributed by atoms with Crippen LogP contribution in [0.15, 0.2) is 0 Å². The maximum absolute atomic E-state index is 9.06. The van der Waals surface area contributed by atoms with Gasteiger partial charge < -0.3 is 10.4 Å².